The van der Waals surface area contributed by atoms with Gasteiger partial charge in [0.1, 0.15) is 0 Å². The van der Waals surface area contributed by atoms with Crippen molar-refractivity contribution in [1.29, 1.82) is 0 Å². The molecule has 2 heterocycles. The number of fused-ring (bicyclic) bond motifs is 2. The average molecular weight is 323 g/mol. The lowest BCUT2D eigenvalue weighted by molar-refractivity contribution is 0.258. The van der Waals surface area contributed by atoms with Gasteiger partial charge in [-0.1, -0.05) is 32.8 Å². The Kier molecular flexibility index (Phi) is 3.90. The average Bonchev–Trinajstić information content (AvgIpc) is 3.13. The van der Waals surface area contributed by atoms with Crippen LogP contribution < -0.4 is 4.90 Å². The van der Waals surface area contributed by atoms with Crippen LogP contribution in [-0.4, -0.2) is 22.4 Å². The predicted molar refractivity (Wildman–Crippen MR) is 101 cm³/mol. The van der Waals surface area contributed by atoms with Gasteiger partial charge in [0.25, 0.3) is 0 Å². The van der Waals surface area contributed by atoms with E-state index in [9.17, 15) is 0 Å². The SMILES string of the molecule is CCCC(CC)N1CC2(CCC2)c2cc(-c3cnn(C)c3)ccc21. The third-order valence-corrected chi connectivity index (χ3v) is 6.23. The summed E-state index contributed by atoms with van der Waals surface area (Å²) in [5.41, 5.74) is 6.08. The second-order valence-electron chi connectivity index (χ2n) is 7.75. The molecular weight excluding hydrogens is 294 g/mol. The van der Waals surface area contributed by atoms with E-state index in [2.05, 4.69) is 48.2 Å². The zero-order valence-corrected chi connectivity index (χ0v) is 15.3. The number of nitrogens with zero attached hydrogens (tertiary/aromatic N) is 3. The maximum Gasteiger partial charge on any atom is 0.0568 e. The molecule has 1 fully saturated rings. The Balaban J connectivity index is 1.74. The van der Waals surface area contributed by atoms with Gasteiger partial charge in [-0.25, -0.2) is 0 Å². The molecule has 1 unspecified atom stereocenters. The van der Waals surface area contributed by atoms with Crippen molar-refractivity contribution < 1.29 is 0 Å². The van der Waals surface area contributed by atoms with Gasteiger partial charge < -0.3 is 4.90 Å². The molecule has 0 bridgehead atoms. The first-order chi connectivity index (χ1) is 11.7. The number of rotatable bonds is 5. The summed E-state index contributed by atoms with van der Waals surface area (Å²) in [6, 6.07) is 7.82. The lowest BCUT2D eigenvalue weighted by Crippen LogP contribution is -2.42. The minimum absolute atomic E-state index is 0.425. The van der Waals surface area contributed by atoms with Crippen LogP contribution in [0.4, 0.5) is 5.69 Å². The molecule has 0 radical (unpaired) electrons. The fraction of sp³-hybridized carbons (Fsp3) is 0.571. The molecule has 0 saturated heterocycles. The number of anilines is 1. The van der Waals surface area contributed by atoms with Crippen LogP contribution in [0.25, 0.3) is 11.1 Å². The van der Waals surface area contributed by atoms with Crippen LogP contribution in [0.2, 0.25) is 0 Å². The Morgan fingerprint density at radius 1 is 1.21 bits per heavy atom. The number of aromatic nitrogens is 2. The van der Waals surface area contributed by atoms with Gasteiger partial charge in [0.15, 0.2) is 0 Å². The summed E-state index contributed by atoms with van der Waals surface area (Å²) >= 11 is 0. The molecule has 3 nitrogen and oxygen atoms in total. The van der Waals surface area contributed by atoms with Crippen LogP contribution in [0, 0.1) is 0 Å². The molecule has 1 aromatic heterocycles. The summed E-state index contributed by atoms with van der Waals surface area (Å²) in [4.78, 5) is 2.73. The Labute approximate surface area is 145 Å². The van der Waals surface area contributed by atoms with Crippen LogP contribution in [0.1, 0.15) is 57.9 Å². The lowest BCUT2D eigenvalue weighted by atomic mass is 9.65. The van der Waals surface area contributed by atoms with E-state index >= 15 is 0 Å². The molecule has 2 aromatic rings. The lowest BCUT2D eigenvalue weighted by Gasteiger charge is -2.40. The molecule has 1 spiro atoms. The highest BCUT2D eigenvalue weighted by Crippen LogP contribution is 2.54. The summed E-state index contributed by atoms with van der Waals surface area (Å²) in [6.07, 6.45) is 12.0. The monoisotopic (exact) mass is 323 g/mol. The van der Waals surface area contributed by atoms with Crippen LogP contribution in [0.15, 0.2) is 30.6 Å². The molecular formula is C21H29N3. The third-order valence-electron chi connectivity index (χ3n) is 6.23. The molecule has 0 N–H and O–H groups in total. The zero-order valence-electron chi connectivity index (χ0n) is 15.3. The Hall–Kier alpha value is -1.77. The molecule has 1 aliphatic heterocycles. The number of hydrogen-bond acceptors (Lipinski definition) is 2. The van der Waals surface area contributed by atoms with E-state index in [1.54, 1.807) is 5.56 Å². The number of aryl methyl sites for hydroxylation is 1. The maximum atomic E-state index is 4.34. The number of benzene rings is 1. The maximum absolute atomic E-state index is 4.34. The van der Waals surface area contributed by atoms with Crippen molar-refractivity contribution in [3.05, 3.63) is 36.2 Å². The summed E-state index contributed by atoms with van der Waals surface area (Å²) in [6.45, 7) is 5.89. The van der Waals surface area contributed by atoms with E-state index in [1.807, 2.05) is 17.9 Å². The highest BCUT2D eigenvalue weighted by Gasteiger charge is 2.48. The standard InChI is InChI=1S/C21H29N3/c1-4-7-18(5-2)24-15-21(10-6-11-21)19-12-16(8-9-20(19)24)17-13-22-23(3)14-17/h8-9,12-14,18H,4-7,10-11,15H2,1-3H3. The largest absolute Gasteiger partial charge is 0.367 e. The normalized spacial score (nSPS) is 19.4. The number of hydrogen-bond donors (Lipinski definition) is 0. The van der Waals surface area contributed by atoms with E-state index in [0.717, 1.165) is 0 Å². The van der Waals surface area contributed by atoms with Crippen molar-refractivity contribution in [1.82, 2.24) is 9.78 Å². The second-order valence-corrected chi connectivity index (χ2v) is 7.75. The summed E-state index contributed by atoms with van der Waals surface area (Å²) in [5, 5.41) is 4.34. The third kappa shape index (κ3) is 2.37. The van der Waals surface area contributed by atoms with Gasteiger partial charge in [-0.3, -0.25) is 4.68 Å². The minimum Gasteiger partial charge on any atom is -0.367 e. The minimum atomic E-state index is 0.425. The molecule has 1 aromatic carbocycles. The topological polar surface area (TPSA) is 21.1 Å². The first-order valence-electron chi connectivity index (χ1n) is 9.57. The van der Waals surface area contributed by atoms with Crippen molar-refractivity contribution in [3.8, 4) is 11.1 Å². The first-order valence-corrected chi connectivity index (χ1v) is 9.57. The van der Waals surface area contributed by atoms with E-state index < -0.39 is 0 Å². The van der Waals surface area contributed by atoms with Gasteiger partial charge in [0.2, 0.25) is 0 Å². The molecule has 1 saturated carbocycles. The molecule has 4 rings (SSSR count). The fourth-order valence-corrected chi connectivity index (χ4v) is 4.73. The van der Waals surface area contributed by atoms with Gasteiger partial charge >= 0.3 is 0 Å². The van der Waals surface area contributed by atoms with Gasteiger partial charge in [-0.05, 0) is 48.9 Å². The molecule has 128 valence electrons. The Morgan fingerprint density at radius 2 is 2.04 bits per heavy atom. The molecule has 1 aliphatic carbocycles. The van der Waals surface area contributed by atoms with E-state index in [0.29, 0.717) is 11.5 Å². The Morgan fingerprint density at radius 3 is 2.62 bits per heavy atom. The van der Waals surface area contributed by atoms with E-state index in [-0.39, 0.29) is 0 Å². The van der Waals surface area contributed by atoms with Crippen molar-refractivity contribution in [2.45, 2.75) is 63.8 Å². The van der Waals surface area contributed by atoms with Crippen LogP contribution >= 0.6 is 0 Å². The molecule has 0 amide bonds. The van der Waals surface area contributed by atoms with Crippen LogP contribution in [0.5, 0.6) is 0 Å². The predicted octanol–water partition coefficient (Wildman–Crippen LogP) is 4.91. The Bertz CT molecular complexity index is 726. The summed E-state index contributed by atoms with van der Waals surface area (Å²) in [7, 11) is 1.99. The van der Waals surface area contributed by atoms with E-state index in [4.69, 9.17) is 0 Å². The molecule has 3 heteroatoms. The van der Waals surface area contributed by atoms with Crippen molar-refractivity contribution in [3.63, 3.8) is 0 Å². The fourth-order valence-electron chi connectivity index (χ4n) is 4.73. The van der Waals surface area contributed by atoms with Crippen molar-refractivity contribution >= 4 is 5.69 Å². The van der Waals surface area contributed by atoms with Crippen molar-refractivity contribution in [2.24, 2.45) is 7.05 Å². The molecule has 2 aliphatic rings. The second kappa shape index (κ2) is 5.94. The van der Waals surface area contributed by atoms with Gasteiger partial charge in [0.05, 0.1) is 6.20 Å². The first kappa shape index (κ1) is 15.7. The van der Waals surface area contributed by atoms with Gasteiger partial charge in [-0.2, -0.15) is 5.10 Å². The van der Waals surface area contributed by atoms with Crippen molar-refractivity contribution in [2.75, 3.05) is 11.4 Å². The smallest absolute Gasteiger partial charge is 0.0568 e. The quantitative estimate of drug-likeness (QED) is 0.779. The summed E-state index contributed by atoms with van der Waals surface area (Å²) in [5.74, 6) is 0. The van der Waals surface area contributed by atoms with Crippen LogP contribution in [-0.2, 0) is 12.5 Å². The van der Waals surface area contributed by atoms with Gasteiger partial charge in [0, 0.05) is 42.5 Å². The van der Waals surface area contributed by atoms with Gasteiger partial charge in [-0.15, -0.1) is 0 Å². The highest BCUT2D eigenvalue weighted by molar-refractivity contribution is 5.73. The zero-order chi connectivity index (χ0) is 16.7. The van der Waals surface area contributed by atoms with E-state index in [1.165, 1.54) is 61.9 Å². The van der Waals surface area contributed by atoms with Crippen LogP contribution in [0.3, 0.4) is 0 Å². The molecule has 1 atom stereocenters. The highest BCUT2D eigenvalue weighted by atomic mass is 15.2. The summed E-state index contributed by atoms with van der Waals surface area (Å²) < 4.78 is 1.89. The molecule has 24 heavy (non-hydrogen) atoms.